The van der Waals surface area contributed by atoms with Crippen LogP contribution in [0.1, 0.15) is 23.0 Å². The van der Waals surface area contributed by atoms with Crippen molar-refractivity contribution in [1.29, 1.82) is 0 Å². The molecule has 0 saturated heterocycles. The van der Waals surface area contributed by atoms with Gasteiger partial charge in [0.15, 0.2) is 12.3 Å². The first-order chi connectivity index (χ1) is 13.1. The molecular formula is C20H21N3O4. The molecule has 0 fully saturated rings. The maximum absolute atomic E-state index is 12.3. The first-order valence-electron chi connectivity index (χ1n) is 8.64. The number of para-hydroxylation sites is 1. The first-order valence-corrected chi connectivity index (χ1v) is 8.64. The van der Waals surface area contributed by atoms with Gasteiger partial charge in [-0.25, -0.2) is 4.79 Å². The molecule has 0 saturated carbocycles. The Bertz CT molecular complexity index is 934. The molecule has 3 rings (SSSR count). The van der Waals surface area contributed by atoms with E-state index in [-0.39, 0.29) is 18.2 Å². The van der Waals surface area contributed by atoms with E-state index in [0.29, 0.717) is 18.5 Å². The standard InChI is InChI=1S/C20H21N3O4/c1-3-26-15-10-8-14(9-11-15)12-23(2)18(24)13-27-20(25)19-16-6-4-5-7-17(16)21-22-19/h4-11H,3,12-13H2,1-2H3,(H,21,22). The van der Waals surface area contributed by atoms with Crippen LogP contribution in [0, 0.1) is 0 Å². The summed E-state index contributed by atoms with van der Waals surface area (Å²) in [7, 11) is 1.66. The quantitative estimate of drug-likeness (QED) is 0.649. The average Bonchev–Trinajstić information content (AvgIpc) is 3.12. The topological polar surface area (TPSA) is 84.5 Å². The minimum Gasteiger partial charge on any atom is -0.494 e. The fraction of sp³-hybridized carbons (Fsp3) is 0.250. The SMILES string of the molecule is CCOc1ccc(CN(C)C(=O)COC(=O)c2n[nH]c3ccccc23)cc1. The van der Waals surface area contributed by atoms with Gasteiger partial charge in [-0.3, -0.25) is 9.89 Å². The molecule has 7 nitrogen and oxygen atoms in total. The maximum Gasteiger partial charge on any atom is 0.359 e. The van der Waals surface area contributed by atoms with Gasteiger partial charge in [-0.1, -0.05) is 30.3 Å². The molecule has 3 aromatic rings. The predicted molar refractivity (Wildman–Crippen MR) is 100 cm³/mol. The lowest BCUT2D eigenvalue weighted by Crippen LogP contribution is -2.30. The summed E-state index contributed by atoms with van der Waals surface area (Å²) in [6.07, 6.45) is 0. The van der Waals surface area contributed by atoms with E-state index in [1.54, 1.807) is 13.1 Å². The van der Waals surface area contributed by atoms with E-state index in [9.17, 15) is 9.59 Å². The van der Waals surface area contributed by atoms with Crippen LogP contribution >= 0.6 is 0 Å². The third kappa shape index (κ3) is 4.44. The molecule has 0 aliphatic rings. The zero-order valence-corrected chi connectivity index (χ0v) is 15.3. The van der Waals surface area contributed by atoms with Gasteiger partial charge >= 0.3 is 5.97 Å². The molecule has 0 spiro atoms. The van der Waals surface area contributed by atoms with E-state index in [0.717, 1.165) is 16.8 Å². The number of likely N-dealkylation sites (N-methyl/N-ethyl adjacent to an activating group) is 1. The second-order valence-corrected chi connectivity index (χ2v) is 6.02. The minimum absolute atomic E-state index is 0.174. The van der Waals surface area contributed by atoms with E-state index >= 15 is 0 Å². The number of carbonyl (C=O) groups is 2. The Balaban J connectivity index is 1.54. The van der Waals surface area contributed by atoms with Crippen LogP contribution in [0.2, 0.25) is 0 Å². The summed E-state index contributed by atoms with van der Waals surface area (Å²) in [5, 5.41) is 7.41. The van der Waals surface area contributed by atoms with E-state index in [2.05, 4.69) is 10.2 Å². The zero-order valence-electron chi connectivity index (χ0n) is 15.3. The van der Waals surface area contributed by atoms with Gasteiger partial charge in [0, 0.05) is 19.0 Å². The Morgan fingerprint density at radius 2 is 1.85 bits per heavy atom. The Kier molecular flexibility index (Phi) is 5.71. The lowest BCUT2D eigenvalue weighted by Gasteiger charge is -2.17. The highest BCUT2D eigenvalue weighted by molar-refractivity contribution is 6.02. The van der Waals surface area contributed by atoms with E-state index in [4.69, 9.17) is 9.47 Å². The molecule has 0 bridgehead atoms. The Morgan fingerprint density at radius 1 is 1.11 bits per heavy atom. The van der Waals surface area contributed by atoms with Crippen molar-refractivity contribution in [3.8, 4) is 5.75 Å². The fourth-order valence-corrected chi connectivity index (χ4v) is 2.64. The number of hydrogen-bond donors (Lipinski definition) is 1. The second-order valence-electron chi connectivity index (χ2n) is 6.02. The molecule has 0 aliphatic heterocycles. The fourth-order valence-electron chi connectivity index (χ4n) is 2.64. The summed E-state index contributed by atoms with van der Waals surface area (Å²) in [6, 6.07) is 14.8. The number of fused-ring (bicyclic) bond motifs is 1. The predicted octanol–water partition coefficient (Wildman–Crippen LogP) is 2.78. The average molecular weight is 367 g/mol. The van der Waals surface area contributed by atoms with Gasteiger partial charge in [0.1, 0.15) is 5.75 Å². The number of nitrogens with zero attached hydrogens (tertiary/aromatic N) is 2. The number of aromatic amines is 1. The molecule has 1 amide bonds. The van der Waals surface area contributed by atoms with Crippen LogP contribution in [-0.4, -0.2) is 47.2 Å². The molecule has 27 heavy (non-hydrogen) atoms. The molecule has 1 heterocycles. The summed E-state index contributed by atoms with van der Waals surface area (Å²) in [5.74, 6) is -0.136. The number of carbonyl (C=O) groups excluding carboxylic acids is 2. The molecule has 7 heteroatoms. The molecule has 0 unspecified atom stereocenters. The Labute approximate surface area is 156 Å². The van der Waals surface area contributed by atoms with Crippen LogP contribution in [0.3, 0.4) is 0 Å². The molecule has 1 aromatic heterocycles. The van der Waals surface area contributed by atoms with E-state index in [1.807, 2.05) is 49.4 Å². The largest absolute Gasteiger partial charge is 0.494 e. The smallest absolute Gasteiger partial charge is 0.359 e. The third-order valence-electron chi connectivity index (χ3n) is 4.07. The van der Waals surface area contributed by atoms with Gasteiger partial charge in [-0.2, -0.15) is 5.10 Å². The van der Waals surface area contributed by atoms with Gasteiger partial charge in [-0.15, -0.1) is 0 Å². The van der Waals surface area contributed by atoms with Crippen molar-refractivity contribution in [2.24, 2.45) is 0 Å². The van der Waals surface area contributed by atoms with Gasteiger partial charge in [0.25, 0.3) is 5.91 Å². The van der Waals surface area contributed by atoms with E-state index in [1.165, 1.54) is 4.90 Å². The Hall–Kier alpha value is -3.35. The van der Waals surface area contributed by atoms with Crippen LogP contribution in [0.5, 0.6) is 5.75 Å². The van der Waals surface area contributed by atoms with Crippen molar-refractivity contribution in [1.82, 2.24) is 15.1 Å². The highest BCUT2D eigenvalue weighted by Crippen LogP contribution is 2.16. The number of benzene rings is 2. The number of aromatic nitrogens is 2. The molecular weight excluding hydrogens is 346 g/mol. The van der Waals surface area contributed by atoms with Crippen molar-refractivity contribution in [2.45, 2.75) is 13.5 Å². The van der Waals surface area contributed by atoms with Crippen molar-refractivity contribution in [3.63, 3.8) is 0 Å². The highest BCUT2D eigenvalue weighted by Gasteiger charge is 2.18. The molecule has 0 aliphatic carbocycles. The maximum atomic E-state index is 12.3. The Morgan fingerprint density at radius 3 is 2.59 bits per heavy atom. The number of ether oxygens (including phenoxy) is 2. The highest BCUT2D eigenvalue weighted by atomic mass is 16.5. The summed E-state index contributed by atoms with van der Waals surface area (Å²) in [4.78, 5) is 26.0. The van der Waals surface area contributed by atoms with Crippen molar-refractivity contribution < 1.29 is 19.1 Å². The normalized spacial score (nSPS) is 10.6. The van der Waals surface area contributed by atoms with Gasteiger partial charge in [-0.05, 0) is 30.7 Å². The second kappa shape index (κ2) is 8.35. The van der Waals surface area contributed by atoms with Crippen molar-refractivity contribution >= 4 is 22.8 Å². The molecule has 0 radical (unpaired) electrons. The van der Waals surface area contributed by atoms with E-state index < -0.39 is 5.97 Å². The summed E-state index contributed by atoms with van der Waals surface area (Å²) in [6.45, 7) is 2.60. The number of hydrogen-bond acceptors (Lipinski definition) is 5. The summed E-state index contributed by atoms with van der Waals surface area (Å²) in [5.41, 5.74) is 1.87. The number of esters is 1. The molecule has 0 atom stereocenters. The van der Waals surface area contributed by atoms with Crippen LogP contribution < -0.4 is 4.74 Å². The monoisotopic (exact) mass is 367 g/mol. The van der Waals surface area contributed by atoms with Crippen LogP contribution in [0.25, 0.3) is 10.9 Å². The van der Waals surface area contributed by atoms with Crippen LogP contribution in [0.4, 0.5) is 0 Å². The summed E-state index contributed by atoms with van der Waals surface area (Å²) < 4.78 is 10.5. The van der Waals surface area contributed by atoms with Gasteiger partial charge in [0.2, 0.25) is 0 Å². The lowest BCUT2D eigenvalue weighted by molar-refractivity contribution is -0.133. The van der Waals surface area contributed by atoms with Crippen molar-refractivity contribution in [3.05, 3.63) is 59.8 Å². The molecule has 140 valence electrons. The zero-order chi connectivity index (χ0) is 19.2. The van der Waals surface area contributed by atoms with Crippen LogP contribution in [0.15, 0.2) is 48.5 Å². The number of nitrogens with one attached hydrogen (secondary N) is 1. The number of rotatable bonds is 7. The van der Waals surface area contributed by atoms with Gasteiger partial charge < -0.3 is 14.4 Å². The molecule has 2 aromatic carbocycles. The minimum atomic E-state index is -0.629. The van der Waals surface area contributed by atoms with Crippen molar-refractivity contribution in [2.75, 3.05) is 20.3 Å². The molecule has 1 N–H and O–H groups in total. The number of amides is 1. The van der Waals surface area contributed by atoms with Gasteiger partial charge in [0.05, 0.1) is 12.1 Å². The number of H-pyrrole nitrogens is 1. The lowest BCUT2D eigenvalue weighted by atomic mass is 10.2. The van der Waals surface area contributed by atoms with Crippen LogP contribution in [-0.2, 0) is 16.1 Å². The summed E-state index contributed by atoms with van der Waals surface area (Å²) >= 11 is 0. The first kappa shape index (κ1) is 18.4. The third-order valence-corrected chi connectivity index (χ3v) is 4.07.